The third-order valence-corrected chi connectivity index (χ3v) is 3.95. The average Bonchev–Trinajstić information content (AvgIpc) is 2.67. The van der Waals surface area contributed by atoms with Gasteiger partial charge in [0, 0.05) is 19.6 Å². The van der Waals surface area contributed by atoms with Crippen molar-refractivity contribution in [2.24, 2.45) is 5.92 Å². The Hall–Kier alpha value is -1.58. The van der Waals surface area contributed by atoms with E-state index in [1.807, 2.05) is 27.7 Å². The molecule has 0 fully saturated rings. The Morgan fingerprint density at radius 3 is 1.79 bits per heavy atom. The summed E-state index contributed by atoms with van der Waals surface area (Å²) in [6.45, 7) is 9.61. The topological polar surface area (TPSA) is 71.1 Å². The molecular formula is C22H38O6. The molecule has 0 aliphatic carbocycles. The van der Waals surface area contributed by atoms with Crippen molar-refractivity contribution in [3.63, 3.8) is 0 Å². The van der Waals surface area contributed by atoms with Crippen molar-refractivity contribution in [2.75, 3.05) is 26.4 Å². The van der Waals surface area contributed by atoms with Crippen molar-refractivity contribution < 1.29 is 28.5 Å². The zero-order valence-electron chi connectivity index (χ0n) is 18.1. The zero-order valence-corrected chi connectivity index (χ0v) is 18.1. The Balaban J connectivity index is 4.46. The van der Waals surface area contributed by atoms with Crippen molar-refractivity contribution in [3.05, 3.63) is 0 Å². The summed E-state index contributed by atoms with van der Waals surface area (Å²) in [5.74, 6) is 4.18. The molecular weight excluding hydrogens is 360 g/mol. The molecule has 0 aromatic rings. The molecule has 0 bridgehead atoms. The third-order valence-electron chi connectivity index (χ3n) is 3.95. The molecule has 0 rings (SSSR count). The van der Waals surface area contributed by atoms with E-state index in [0.29, 0.717) is 45.7 Å². The molecule has 0 aromatic carbocycles. The lowest BCUT2D eigenvalue weighted by molar-refractivity contribution is -0.162. The van der Waals surface area contributed by atoms with Gasteiger partial charge in [0.15, 0.2) is 5.92 Å². The zero-order chi connectivity index (χ0) is 21.0. The molecule has 0 aliphatic rings. The summed E-state index contributed by atoms with van der Waals surface area (Å²) >= 11 is 0. The lowest BCUT2D eigenvalue weighted by Gasteiger charge is -2.15. The Kier molecular flexibility index (Phi) is 17.7. The average molecular weight is 399 g/mol. The van der Waals surface area contributed by atoms with Gasteiger partial charge in [-0.3, -0.25) is 9.59 Å². The third kappa shape index (κ3) is 13.6. The monoisotopic (exact) mass is 398 g/mol. The lowest BCUT2D eigenvalue weighted by Crippen LogP contribution is -2.28. The summed E-state index contributed by atoms with van der Waals surface area (Å²) in [6, 6.07) is 0. The standard InChI is InChI=1S/C22H38O6/c1-5-9-17-27-21(23)19(22(24)28-18-10-6-2)15-13-11-12-14-16-20(25-7-3)26-8-4/h19-20H,5-13,15,17-18H2,1-4H3. The van der Waals surface area contributed by atoms with Crippen LogP contribution in [-0.4, -0.2) is 44.7 Å². The second-order valence-electron chi connectivity index (χ2n) is 6.40. The van der Waals surface area contributed by atoms with Gasteiger partial charge in [-0.15, -0.1) is 0 Å². The van der Waals surface area contributed by atoms with E-state index < -0.39 is 24.1 Å². The van der Waals surface area contributed by atoms with Crippen LogP contribution in [0.2, 0.25) is 0 Å². The van der Waals surface area contributed by atoms with Gasteiger partial charge < -0.3 is 18.9 Å². The highest BCUT2D eigenvalue weighted by Crippen LogP contribution is 2.15. The molecule has 162 valence electrons. The second-order valence-corrected chi connectivity index (χ2v) is 6.40. The minimum absolute atomic E-state index is 0.343. The van der Waals surface area contributed by atoms with Gasteiger partial charge in [-0.1, -0.05) is 39.0 Å². The number of hydrogen-bond donors (Lipinski definition) is 0. The molecule has 28 heavy (non-hydrogen) atoms. The van der Waals surface area contributed by atoms with Crippen molar-refractivity contribution in [1.82, 2.24) is 0 Å². The highest BCUT2D eigenvalue weighted by atomic mass is 16.7. The molecule has 0 heterocycles. The summed E-state index contributed by atoms with van der Waals surface area (Å²) in [5.41, 5.74) is 0. The van der Waals surface area contributed by atoms with Crippen molar-refractivity contribution >= 4 is 11.9 Å². The Bertz CT molecular complexity index is 437. The van der Waals surface area contributed by atoms with Crippen molar-refractivity contribution in [1.29, 1.82) is 0 Å². The molecule has 0 N–H and O–H groups in total. The van der Waals surface area contributed by atoms with Crippen LogP contribution in [0.5, 0.6) is 0 Å². The minimum Gasteiger partial charge on any atom is -0.465 e. The predicted octanol–water partition coefficient (Wildman–Crippen LogP) is 4.25. The first kappa shape index (κ1) is 26.4. The van der Waals surface area contributed by atoms with Gasteiger partial charge in [0.2, 0.25) is 6.29 Å². The van der Waals surface area contributed by atoms with Gasteiger partial charge in [-0.25, -0.2) is 0 Å². The molecule has 0 amide bonds. The molecule has 0 unspecified atom stereocenters. The van der Waals surface area contributed by atoms with Crippen LogP contribution < -0.4 is 0 Å². The molecule has 0 saturated carbocycles. The van der Waals surface area contributed by atoms with Crippen LogP contribution >= 0.6 is 0 Å². The maximum absolute atomic E-state index is 12.3. The molecule has 0 aromatic heterocycles. The van der Waals surface area contributed by atoms with Gasteiger partial charge >= 0.3 is 11.9 Å². The van der Waals surface area contributed by atoms with Crippen LogP contribution in [0, 0.1) is 17.8 Å². The summed E-state index contributed by atoms with van der Waals surface area (Å²) in [4.78, 5) is 24.5. The maximum atomic E-state index is 12.3. The van der Waals surface area contributed by atoms with E-state index in [0.717, 1.165) is 32.1 Å². The van der Waals surface area contributed by atoms with Gasteiger partial charge in [-0.2, -0.15) is 0 Å². The van der Waals surface area contributed by atoms with E-state index in [1.54, 1.807) is 0 Å². The van der Waals surface area contributed by atoms with Crippen LogP contribution in [-0.2, 0) is 28.5 Å². The van der Waals surface area contributed by atoms with Gasteiger partial charge in [0.1, 0.15) is 0 Å². The molecule has 0 saturated heterocycles. The summed E-state index contributed by atoms with van der Waals surface area (Å²) < 4.78 is 21.2. The van der Waals surface area contributed by atoms with E-state index in [2.05, 4.69) is 11.8 Å². The fraction of sp³-hybridized carbons (Fsp3) is 0.818. The van der Waals surface area contributed by atoms with E-state index in [4.69, 9.17) is 18.9 Å². The molecule has 0 radical (unpaired) electrons. The lowest BCUT2D eigenvalue weighted by atomic mass is 10.0. The van der Waals surface area contributed by atoms with Crippen LogP contribution in [0.1, 0.15) is 79.1 Å². The minimum atomic E-state index is -0.846. The smallest absolute Gasteiger partial charge is 0.320 e. The Morgan fingerprint density at radius 2 is 1.32 bits per heavy atom. The maximum Gasteiger partial charge on any atom is 0.320 e. The summed E-state index contributed by atoms with van der Waals surface area (Å²) in [5, 5.41) is 0. The van der Waals surface area contributed by atoms with E-state index >= 15 is 0 Å². The number of carbonyl (C=O) groups is 2. The van der Waals surface area contributed by atoms with E-state index in [9.17, 15) is 9.59 Å². The summed E-state index contributed by atoms with van der Waals surface area (Å²) in [6.07, 6.45) is 5.49. The first-order valence-corrected chi connectivity index (χ1v) is 10.6. The second kappa shape index (κ2) is 18.8. The molecule has 6 nitrogen and oxygen atoms in total. The van der Waals surface area contributed by atoms with Gasteiger partial charge in [0.05, 0.1) is 13.2 Å². The predicted molar refractivity (Wildman–Crippen MR) is 109 cm³/mol. The number of hydrogen-bond acceptors (Lipinski definition) is 6. The number of unbranched alkanes of at least 4 members (excludes halogenated alkanes) is 4. The Labute approximate surface area is 170 Å². The Morgan fingerprint density at radius 1 is 0.786 bits per heavy atom. The highest BCUT2D eigenvalue weighted by Gasteiger charge is 2.29. The van der Waals surface area contributed by atoms with E-state index in [1.165, 1.54) is 0 Å². The normalized spacial score (nSPS) is 10.6. The van der Waals surface area contributed by atoms with Crippen molar-refractivity contribution in [2.45, 2.75) is 85.4 Å². The number of carbonyl (C=O) groups excluding carboxylic acids is 2. The van der Waals surface area contributed by atoms with Crippen LogP contribution in [0.15, 0.2) is 0 Å². The number of esters is 2. The van der Waals surface area contributed by atoms with Crippen LogP contribution in [0.3, 0.4) is 0 Å². The van der Waals surface area contributed by atoms with E-state index in [-0.39, 0.29) is 0 Å². The fourth-order valence-electron chi connectivity index (χ4n) is 2.32. The largest absolute Gasteiger partial charge is 0.465 e. The molecule has 0 atom stereocenters. The van der Waals surface area contributed by atoms with Crippen LogP contribution in [0.4, 0.5) is 0 Å². The van der Waals surface area contributed by atoms with Crippen LogP contribution in [0.25, 0.3) is 0 Å². The molecule has 6 heteroatoms. The number of rotatable bonds is 16. The van der Waals surface area contributed by atoms with Crippen molar-refractivity contribution in [3.8, 4) is 11.8 Å². The first-order chi connectivity index (χ1) is 13.6. The highest BCUT2D eigenvalue weighted by molar-refractivity contribution is 5.94. The summed E-state index contributed by atoms with van der Waals surface area (Å²) in [7, 11) is 0. The first-order valence-electron chi connectivity index (χ1n) is 10.6. The quantitative estimate of drug-likeness (QED) is 0.127. The number of ether oxygens (including phenoxy) is 4. The molecule has 0 aliphatic heterocycles. The van der Waals surface area contributed by atoms with Gasteiger partial charge in [0.25, 0.3) is 0 Å². The van der Waals surface area contributed by atoms with Gasteiger partial charge in [-0.05, 0) is 45.5 Å². The SMILES string of the molecule is CCCCOC(=O)C(CCCCC#CC(OCC)OCC)C(=O)OCCCC. The fourth-order valence-corrected chi connectivity index (χ4v) is 2.32. The molecule has 0 spiro atoms.